The van der Waals surface area contributed by atoms with Crippen molar-refractivity contribution in [2.45, 2.75) is 38.6 Å². The molecule has 1 rings (SSSR count). The zero-order chi connectivity index (χ0) is 7.56. The Bertz CT molecular complexity index is 133. The molecule has 0 aromatic carbocycles. The highest BCUT2D eigenvalue weighted by Gasteiger charge is 2.21. The van der Waals surface area contributed by atoms with Crippen LogP contribution in [0.5, 0.6) is 0 Å². The third kappa shape index (κ3) is 1.81. The van der Waals surface area contributed by atoms with Crippen molar-refractivity contribution in [3.63, 3.8) is 0 Å². The first-order chi connectivity index (χ1) is 4.70. The number of hydrogen-bond donors (Lipinski definition) is 1. The Morgan fingerprint density at radius 1 is 1.50 bits per heavy atom. The minimum absolute atomic E-state index is 0.267. The van der Waals surface area contributed by atoms with Crippen molar-refractivity contribution in [1.29, 1.82) is 0 Å². The van der Waals surface area contributed by atoms with Gasteiger partial charge in [-0.15, -0.1) is 0 Å². The third-order valence-electron chi connectivity index (χ3n) is 2.29. The molecule has 2 heteroatoms. The summed E-state index contributed by atoms with van der Waals surface area (Å²) < 4.78 is 0. The van der Waals surface area contributed by atoms with Crippen LogP contribution in [0.15, 0.2) is 0 Å². The molecule has 58 valence electrons. The fourth-order valence-corrected chi connectivity index (χ4v) is 1.60. The lowest BCUT2D eigenvalue weighted by Crippen LogP contribution is -2.30. The second-order valence-electron chi connectivity index (χ2n) is 3.23. The fourth-order valence-electron chi connectivity index (χ4n) is 1.60. The lowest BCUT2D eigenvalue weighted by atomic mass is 9.84. The number of ketones is 1. The van der Waals surface area contributed by atoms with E-state index >= 15 is 0 Å². The van der Waals surface area contributed by atoms with E-state index in [9.17, 15) is 4.79 Å². The van der Waals surface area contributed by atoms with E-state index in [4.69, 9.17) is 5.73 Å². The Kier molecular flexibility index (Phi) is 2.44. The monoisotopic (exact) mass is 141 g/mol. The van der Waals surface area contributed by atoms with E-state index in [2.05, 4.69) is 0 Å². The van der Waals surface area contributed by atoms with Crippen LogP contribution in [0.2, 0.25) is 0 Å². The van der Waals surface area contributed by atoms with E-state index in [1.165, 1.54) is 0 Å². The van der Waals surface area contributed by atoms with Gasteiger partial charge in [0.25, 0.3) is 0 Å². The topological polar surface area (TPSA) is 43.1 Å². The van der Waals surface area contributed by atoms with Gasteiger partial charge < -0.3 is 5.73 Å². The second kappa shape index (κ2) is 3.15. The maximum Gasteiger partial charge on any atom is 0.132 e. The summed E-state index contributed by atoms with van der Waals surface area (Å²) in [5.41, 5.74) is 5.71. The summed E-state index contributed by atoms with van der Waals surface area (Å²) in [6.45, 7) is 1.67. The molecule has 2 N–H and O–H groups in total. The van der Waals surface area contributed by atoms with Crippen LogP contribution in [-0.4, -0.2) is 11.8 Å². The van der Waals surface area contributed by atoms with Gasteiger partial charge in [0.1, 0.15) is 5.78 Å². The van der Waals surface area contributed by atoms with Crippen molar-refractivity contribution in [1.82, 2.24) is 0 Å². The van der Waals surface area contributed by atoms with Crippen LogP contribution in [-0.2, 0) is 4.79 Å². The SMILES string of the molecule is CC(=O)C1CCCC(N)C1. The first-order valence-corrected chi connectivity index (χ1v) is 3.96. The lowest BCUT2D eigenvalue weighted by molar-refractivity contribution is -0.121. The average molecular weight is 141 g/mol. The third-order valence-corrected chi connectivity index (χ3v) is 2.29. The predicted octanol–water partition coefficient (Wildman–Crippen LogP) is 1.09. The van der Waals surface area contributed by atoms with Gasteiger partial charge in [-0.05, 0) is 26.2 Å². The molecule has 2 unspecified atom stereocenters. The van der Waals surface area contributed by atoms with E-state index in [-0.39, 0.29) is 12.0 Å². The van der Waals surface area contributed by atoms with Gasteiger partial charge in [0, 0.05) is 12.0 Å². The zero-order valence-corrected chi connectivity index (χ0v) is 6.47. The predicted molar refractivity (Wildman–Crippen MR) is 40.6 cm³/mol. The molecule has 0 bridgehead atoms. The van der Waals surface area contributed by atoms with Crippen molar-refractivity contribution in [3.8, 4) is 0 Å². The molecule has 1 saturated carbocycles. The van der Waals surface area contributed by atoms with Crippen LogP contribution in [0.4, 0.5) is 0 Å². The van der Waals surface area contributed by atoms with Crippen molar-refractivity contribution in [3.05, 3.63) is 0 Å². The molecule has 0 aromatic heterocycles. The number of Topliss-reactive ketones (excluding diaryl/α,β-unsaturated/α-hetero) is 1. The molecule has 0 amide bonds. The number of carbonyl (C=O) groups excluding carboxylic acids is 1. The molecule has 0 heterocycles. The largest absolute Gasteiger partial charge is 0.328 e. The molecule has 0 aromatic rings. The molecule has 2 atom stereocenters. The van der Waals surface area contributed by atoms with Crippen LogP contribution in [0.1, 0.15) is 32.6 Å². The average Bonchev–Trinajstić information content (AvgIpc) is 1.88. The quantitative estimate of drug-likeness (QED) is 0.594. The Hall–Kier alpha value is -0.370. The number of carbonyl (C=O) groups is 1. The molecular weight excluding hydrogens is 126 g/mol. The lowest BCUT2D eigenvalue weighted by Gasteiger charge is -2.24. The molecule has 10 heavy (non-hydrogen) atoms. The summed E-state index contributed by atoms with van der Waals surface area (Å²) in [7, 11) is 0. The second-order valence-corrected chi connectivity index (χ2v) is 3.23. The van der Waals surface area contributed by atoms with E-state index in [0.717, 1.165) is 25.7 Å². The molecule has 1 fully saturated rings. The van der Waals surface area contributed by atoms with Crippen LogP contribution in [0, 0.1) is 5.92 Å². The molecule has 0 radical (unpaired) electrons. The summed E-state index contributed by atoms with van der Waals surface area (Å²) in [6.07, 6.45) is 4.20. The smallest absolute Gasteiger partial charge is 0.132 e. The zero-order valence-electron chi connectivity index (χ0n) is 6.47. The normalized spacial score (nSPS) is 33.8. The molecule has 0 spiro atoms. The summed E-state index contributed by atoms with van der Waals surface area (Å²) in [4.78, 5) is 10.9. The fraction of sp³-hybridized carbons (Fsp3) is 0.875. The first-order valence-electron chi connectivity index (χ1n) is 3.96. The van der Waals surface area contributed by atoms with Gasteiger partial charge in [-0.3, -0.25) is 4.79 Å². The van der Waals surface area contributed by atoms with Gasteiger partial charge in [0.15, 0.2) is 0 Å². The van der Waals surface area contributed by atoms with Crippen molar-refractivity contribution < 1.29 is 4.79 Å². The van der Waals surface area contributed by atoms with E-state index in [0.29, 0.717) is 5.78 Å². The van der Waals surface area contributed by atoms with E-state index in [1.54, 1.807) is 6.92 Å². The summed E-state index contributed by atoms with van der Waals surface area (Å²) in [5, 5.41) is 0. The number of rotatable bonds is 1. The summed E-state index contributed by atoms with van der Waals surface area (Å²) >= 11 is 0. The van der Waals surface area contributed by atoms with Crippen molar-refractivity contribution in [2.24, 2.45) is 11.7 Å². The number of nitrogens with two attached hydrogens (primary N) is 1. The minimum atomic E-state index is 0.267. The maximum absolute atomic E-state index is 10.9. The minimum Gasteiger partial charge on any atom is -0.328 e. The Morgan fingerprint density at radius 2 is 2.20 bits per heavy atom. The Balaban J connectivity index is 2.39. The van der Waals surface area contributed by atoms with Crippen LogP contribution >= 0.6 is 0 Å². The van der Waals surface area contributed by atoms with Crippen molar-refractivity contribution >= 4 is 5.78 Å². The molecule has 0 aliphatic heterocycles. The molecule has 1 aliphatic rings. The molecule has 1 aliphatic carbocycles. The van der Waals surface area contributed by atoms with Gasteiger partial charge in [-0.1, -0.05) is 6.42 Å². The molecule has 0 saturated heterocycles. The highest BCUT2D eigenvalue weighted by Crippen LogP contribution is 2.23. The Morgan fingerprint density at radius 3 is 2.60 bits per heavy atom. The van der Waals surface area contributed by atoms with E-state index in [1.807, 2.05) is 0 Å². The van der Waals surface area contributed by atoms with E-state index < -0.39 is 0 Å². The first kappa shape index (κ1) is 7.73. The highest BCUT2D eigenvalue weighted by atomic mass is 16.1. The van der Waals surface area contributed by atoms with Crippen LogP contribution in [0.25, 0.3) is 0 Å². The Labute approximate surface area is 61.8 Å². The summed E-state index contributed by atoms with van der Waals surface area (Å²) in [6, 6.07) is 0.280. The van der Waals surface area contributed by atoms with Crippen molar-refractivity contribution in [2.75, 3.05) is 0 Å². The summed E-state index contributed by atoms with van der Waals surface area (Å²) in [5.74, 6) is 0.582. The highest BCUT2D eigenvalue weighted by molar-refractivity contribution is 5.78. The number of hydrogen-bond acceptors (Lipinski definition) is 2. The van der Waals surface area contributed by atoms with Crippen LogP contribution < -0.4 is 5.73 Å². The van der Waals surface area contributed by atoms with Gasteiger partial charge >= 0.3 is 0 Å². The molecular formula is C8H15NO. The van der Waals surface area contributed by atoms with Gasteiger partial charge in [-0.2, -0.15) is 0 Å². The standard InChI is InChI=1S/C8H15NO/c1-6(10)7-3-2-4-8(9)5-7/h7-8H,2-5,9H2,1H3. The van der Waals surface area contributed by atoms with Gasteiger partial charge in [-0.25, -0.2) is 0 Å². The maximum atomic E-state index is 10.9. The van der Waals surface area contributed by atoms with Gasteiger partial charge in [0.2, 0.25) is 0 Å². The van der Waals surface area contributed by atoms with Gasteiger partial charge in [0.05, 0.1) is 0 Å². The molecule has 2 nitrogen and oxygen atoms in total. The van der Waals surface area contributed by atoms with Crippen LogP contribution in [0.3, 0.4) is 0 Å².